The van der Waals surface area contributed by atoms with E-state index in [2.05, 4.69) is 45.0 Å². The van der Waals surface area contributed by atoms with Crippen molar-refractivity contribution in [2.45, 2.75) is 53.0 Å². The van der Waals surface area contributed by atoms with Crippen molar-refractivity contribution in [3.8, 4) is 0 Å². The first-order valence-corrected chi connectivity index (χ1v) is 6.89. The fourth-order valence-corrected chi connectivity index (χ4v) is 2.32. The largest absolute Gasteiger partial charge is 0.317 e. The molecule has 0 amide bonds. The lowest BCUT2D eigenvalue weighted by Gasteiger charge is -2.37. The predicted molar refractivity (Wildman–Crippen MR) is 71.8 cm³/mol. The smallest absolute Gasteiger partial charge is 0.00991 e. The number of hydrogen-bond donors (Lipinski definition) is 1. The van der Waals surface area contributed by atoms with E-state index >= 15 is 0 Å². The third-order valence-corrected chi connectivity index (χ3v) is 3.99. The van der Waals surface area contributed by atoms with Crippen LogP contribution in [0.2, 0.25) is 0 Å². The molecule has 1 aliphatic carbocycles. The van der Waals surface area contributed by atoms with Gasteiger partial charge in [0.25, 0.3) is 0 Å². The second kappa shape index (κ2) is 6.02. The molecule has 1 atom stereocenters. The highest BCUT2D eigenvalue weighted by Gasteiger charge is 2.30. The van der Waals surface area contributed by atoms with E-state index in [0.29, 0.717) is 11.5 Å². The van der Waals surface area contributed by atoms with Crippen molar-refractivity contribution in [3.05, 3.63) is 0 Å². The average Bonchev–Trinajstić information content (AvgIpc) is 3.00. The molecule has 1 saturated carbocycles. The Kier molecular flexibility index (Phi) is 5.26. The third kappa shape index (κ3) is 4.42. The number of nitrogens with zero attached hydrogens (tertiary/aromatic N) is 1. The van der Waals surface area contributed by atoms with Crippen molar-refractivity contribution in [1.82, 2.24) is 10.2 Å². The van der Waals surface area contributed by atoms with Crippen LogP contribution in [-0.2, 0) is 0 Å². The Bertz CT molecular complexity index is 197. The van der Waals surface area contributed by atoms with Crippen LogP contribution in [0.3, 0.4) is 0 Å². The highest BCUT2D eigenvalue weighted by Crippen LogP contribution is 2.31. The van der Waals surface area contributed by atoms with E-state index in [9.17, 15) is 0 Å². The van der Waals surface area contributed by atoms with Gasteiger partial charge in [0.1, 0.15) is 0 Å². The summed E-state index contributed by atoms with van der Waals surface area (Å²) in [6.45, 7) is 13.1. The van der Waals surface area contributed by atoms with E-state index in [1.165, 1.54) is 38.9 Å². The van der Waals surface area contributed by atoms with Crippen LogP contribution in [0, 0.1) is 11.3 Å². The number of hydrogen-bond acceptors (Lipinski definition) is 2. The second-order valence-corrected chi connectivity index (χ2v) is 6.18. The lowest BCUT2D eigenvalue weighted by atomic mass is 9.84. The Balaban J connectivity index is 2.44. The van der Waals surface area contributed by atoms with Crippen molar-refractivity contribution >= 4 is 0 Å². The normalized spacial score (nSPS) is 19.1. The van der Waals surface area contributed by atoms with Gasteiger partial charge in [-0.1, -0.05) is 20.8 Å². The maximum atomic E-state index is 3.39. The van der Waals surface area contributed by atoms with E-state index in [0.717, 1.165) is 5.92 Å². The Morgan fingerprint density at radius 1 is 1.38 bits per heavy atom. The predicted octanol–water partition coefficient (Wildman–Crippen LogP) is 2.74. The summed E-state index contributed by atoms with van der Waals surface area (Å²) in [6, 6.07) is 0.575. The van der Waals surface area contributed by atoms with E-state index in [1.807, 2.05) is 0 Å². The minimum Gasteiger partial charge on any atom is -0.317 e. The van der Waals surface area contributed by atoms with Gasteiger partial charge in [0, 0.05) is 19.1 Å². The molecule has 0 aromatic carbocycles. The quantitative estimate of drug-likeness (QED) is 0.684. The summed E-state index contributed by atoms with van der Waals surface area (Å²) in [5.41, 5.74) is 0.360. The zero-order valence-electron chi connectivity index (χ0n) is 11.8. The molecular formula is C14H30N2. The lowest BCUT2D eigenvalue weighted by molar-refractivity contribution is 0.141. The van der Waals surface area contributed by atoms with E-state index in [1.54, 1.807) is 0 Å². The van der Waals surface area contributed by atoms with Gasteiger partial charge in [-0.3, -0.25) is 0 Å². The molecule has 0 spiro atoms. The maximum Gasteiger partial charge on any atom is 0.00991 e. The molecule has 2 heteroatoms. The van der Waals surface area contributed by atoms with Crippen LogP contribution in [-0.4, -0.2) is 37.6 Å². The molecule has 0 aromatic heterocycles. The van der Waals surface area contributed by atoms with Crippen LogP contribution in [0.4, 0.5) is 0 Å². The van der Waals surface area contributed by atoms with Crippen molar-refractivity contribution in [2.75, 3.05) is 26.7 Å². The van der Waals surface area contributed by atoms with Gasteiger partial charge >= 0.3 is 0 Å². The molecule has 96 valence electrons. The van der Waals surface area contributed by atoms with Gasteiger partial charge in [-0.15, -0.1) is 0 Å². The zero-order valence-corrected chi connectivity index (χ0v) is 11.8. The molecule has 0 aromatic rings. The molecule has 1 rings (SSSR count). The minimum atomic E-state index is 0.360. The molecule has 0 bridgehead atoms. The van der Waals surface area contributed by atoms with Crippen molar-refractivity contribution in [2.24, 2.45) is 11.3 Å². The molecule has 1 fully saturated rings. The molecule has 16 heavy (non-hydrogen) atoms. The monoisotopic (exact) mass is 226 g/mol. The molecular weight excluding hydrogens is 196 g/mol. The van der Waals surface area contributed by atoms with Gasteiger partial charge in [-0.25, -0.2) is 0 Å². The fourth-order valence-electron chi connectivity index (χ4n) is 2.32. The van der Waals surface area contributed by atoms with Crippen LogP contribution in [0.1, 0.15) is 47.0 Å². The van der Waals surface area contributed by atoms with Crippen molar-refractivity contribution in [3.63, 3.8) is 0 Å². The molecule has 0 heterocycles. The molecule has 0 radical (unpaired) electrons. The first-order valence-electron chi connectivity index (χ1n) is 6.89. The number of nitrogens with one attached hydrogen (secondary N) is 1. The van der Waals surface area contributed by atoms with Gasteiger partial charge < -0.3 is 10.2 Å². The van der Waals surface area contributed by atoms with Gasteiger partial charge in [0.2, 0.25) is 0 Å². The average molecular weight is 226 g/mol. The molecule has 0 aliphatic heterocycles. The SMILES string of the molecule is CCCN(CC1CC1)CC(C)(C)C(C)NC. The second-order valence-electron chi connectivity index (χ2n) is 6.18. The Morgan fingerprint density at radius 3 is 2.44 bits per heavy atom. The highest BCUT2D eigenvalue weighted by molar-refractivity contribution is 4.85. The minimum absolute atomic E-state index is 0.360. The third-order valence-electron chi connectivity index (χ3n) is 3.99. The maximum absolute atomic E-state index is 3.39. The first-order chi connectivity index (χ1) is 7.49. The number of rotatable bonds is 8. The summed E-state index contributed by atoms with van der Waals surface area (Å²) in [5, 5.41) is 3.39. The van der Waals surface area contributed by atoms with E-state index in [4.69, 9.17) is 0 Å². The summed E-state index contributed by atoms with van der Waals surface area (Å²) >= 11 is 0. The Morgan fingerprint density at radius 2 is 2.00 bits per heavy atom. The van der Waals surface area contributed by atoms with Crippen LogP contribution in [0.25, 0.3) is 0 Å². The molecule has 0 saturated heterocycles. The highest BCUT2D eigenvalue weighted by atomic mass is 15.1. The Hall–Kier alpha value is -0.0800. The van der Waals surface area contributed by atoms with Crippen molar-refractivity contribution < 1.29 is 0 Å². The van der Waals surface area contributed by atoms with Crippen molar-refractivity contribution in [1.29, 1.82) is 0 Å². The van der Waals surface area contributed by atoms with Crippen LogP contribution in [0.15, 0.2) is 0 Å². The summed E-state index contributed by atoms with van der Waals surface area (Å²) in [7, 11) is 2.07. The van der Waals surface area contributed by atoms with E-state index in [-0.39, 0.29) is 0 Å². The molecule has 1 aliphatic rings. The summed E-state index contributed by atoms with van der Waals surface area (Å²) in [5.74, 6) is 1.01. The first kappa shape index (κ1) is 14.0. The fraction of sp³-hybridized carbons (Fsp3) is 1.00. The summed E-state index contributed by atoms with van der Waals surface area (Å²) in [6.07, 6.45) is 4.20. The lowest BCUT2D eigenvalue weighted by Crippen LogP contribution is -2.46. The standard InChI is InChI=1S/C14H30N2/c1-6-9-16(10-13-7-8-13)11-14(3,4)12(2)15-5/h12-13,15H,6-11H2,1-5H3. The Labute approximate surface area is 102 Å². The van der Waals surface area contributed by atoms with Gasteiger partial charge in [0.05, 0.1) is 0 Å². The van der Waals surface area contributed by atoms with Gasteiger partial charge in [-0.2, -0.15) is 0 Å². The van der Waals surface area contributed by atoms with Crippen LogP contribution < -0.4 is 5.32 Å². The topological polar surface area (TPSA) is 15.3 Å². The summed E-state index contributed by atoms with van der Waals surface area (Å²) in [4.78, 5) is 2.67. The van der Waals surface area contributed by atoms with Crippen LogP contribution in [0.5, 0.6) is 0 Å². The molecule has 1 N–H and O–H groups in total. The van der Waals surface area contributed by atoms with Gasteiger partial charge in [0.15, 0.2) is 0 Å². The van der Waals surface area contributed by atoms with E-state index < -0.39 is 0 Å². The summed E-state index contributed by atoms with van der Waals surface area (Å²) < 4.78 is 0. The zero-order chi connectivity index (χ0) is 12.2. The molecule has 1 unspecified atom stereocenters. The van der Waals surface area contributed by atoms with Crippen LogP contribution >= 0.6 is 0 Å². The van der Waals surface area contributed by atoms with Gasteiger partial charge in [-0.05, 0) is 51.1 Å². The molecule has 2 nitrogen and oxygen atoms in total.